The van der Waals surface area contributed by atoms with Crippen molar-refractivity contribution >= 4 is 17.7 Å². The maximum absolute atomic E-state index is 12.2. The van der Waals surface area contributed by atoms with E-state index >= 15 is 0 Å². The van der Waals surface area contributed by atoms with Crippen molar-refractivity contribution in [3.05, 3.63) is 29.3 Å². The molecule has 0 bridgehead atoms. The van der Waals surface area contributed by atoms with Gasteiger partial charge < -0.3 is 15.3 Å². The van der Waals surface area contributed by atoms with Crippen molar-refractivity contribution in [2.75, 3.05) is 12.4 Å². The van der Waals surface area contributed by atoms with E-state index in [1.54, 1.807) is 30.1 Å². The van der Waals surface area contributed by atoms with E-state index in [1.807, 2.05) is 6.92 Å². The molecule has 1 aliphatic carbocycles. The first kappa shape index (κ1) is 14.4. The van der Waals surface area contributed by atoms with Crippen LogP contribution in [0.25, 0.3) is 0 Å². The van der Waals surface area contributed by atoms with Crippen molar-refractivity contribution in [1.29, 1.82) is 0 Å². The lowest BCUT2D eigenvalue weighted by Gasteiger charge is -2.25. The minimum atomic E-state index is -1.03. The summed E-state index contributed by atoms with van der Waals surface area (Å²) in [5.74, 6) is -1.03. The summed E-state index contributed by atoms with van der Waals surface area (Å²) in [6.07, 6.45) is 4.33. The topological polar surface area (TPSA) is 69.6 Å². The number of nitrogens with zero attached hydrogens (tertiary/aromatic N) is 1. The van der Waals surface area contributed by atoms with Crippen LogP contribution in [-0.2, 0) is 0 Å². The third-order valence-electron chi connectivity index (χ3n) is 3.84. The molecule has 2 N–H and O–H groups in total. The van der Waals surface area contributed by atoms with E-state index < -0.39 is 5.97 Å². The molecule has 0 heterocycles. The van der Waals surface area contributed by atoms with Gasteiger partial charge in [0, 0.05) is 13.1 Å². The van der Waals surface area contributed by atoms with E-state index in [2.05, 4.69) is 5.32 Å². The Kier molecular flexibility index (Phi) is 4.27. The summed E-state index contributed by atoms with van der Waals surface area (Å²) < 4.78 is 0. The Morgan fingerprint density at radius 3 is 2.55 bits per heavy atom. The number of aromatic carboxylic acids is 1. The molecule has 0 radical (unpaired) electrons. The SMILES string of the molecule is Cc1ccc(NC(=O)N(C)C2CCCC2)c(C(=O)O)c1. The first-order valence-corrected chi connectivity index (χ1v) is 6.87. The number of carboxylic acid groups (broad SMARTS) is 1. The van der Waals surface area contributed by atoms with E-state index in [9.17, 15) is 14.7 Å². The standard InChI is InChI=1S/C15H20N2O3/c1-10-7-8-13(12(9-10)14(18)19)16-15(20)17(2)11-5-3-4-6-11/h7-9,11H,3-6H2,1-2H3,(H,16,20)(H,18,19). The van der Waals surface area contributed by atoms with Gasteiger partial charge in [-0.1, -0.05) is 24.5 Å². The second-order valence-electron chi connectivity index (χ2n) is 5.33. The normalized spacial score (nSPS) is 15.1. The number of anilines is 1. The Balaban J connectivity index is 2.12. The average molecular weight is 276 g/mol. The number of carbonyl (C=O) groups is 2. The van der Waals surface area contributed by atoms with Gasteiger partial charge in [0.15, 0.2) is 0 Å². The van der Waals surface area contributed by atoms with E-state index in [0.717, 1.165) is 31.2 Å². The molecule has 1 aromatic carbocycles. The lowest BCUT2D eigenvalue weighted by atomic mass is 10.1. The van der Waals surface area contributed by atoms with Gasteiger partial charge in [-0.25, -0.2) is 9.59 Å². The van der Waals surface area contributed by atoms with Gasteiger partial charge in [-0.15, -0.1) is 0 Å². The Morgan fingerprint density at radius 2 is 1.95 bits per heavy atom. The molecule has 2 rings (SSSR count). The van der Waals surface area contributed by atoms with Crippen molar-refractivity contribution in [3.8, 4) is 0 Å². The van der Waals surface area contributed by atoms with Crippen molar-refractivity contribution in [1.82, 2.24) is 4.90 Å². The van der Waals surface area contributed by atoms with E-state index in [-0.39, 0.29) is 17.6 Å². The molecule has 1 aliphatic rings. The van der Waals surface area contributed by atoms with Gasteiger partial charge in [0.1, 0.15) is 0 Å². The monoisotopic (exact) mass is 276 g/mol. The molecule has 1 fully saturated rings. The highest BCUT2D eigenvalue weighted by atomic mass is 16.4. The largest absolute Gasteiger partial charge is 0.478 e. The molecule has 0 aliphatic heterocycles. The molecule has 5 heteroatoms. The average Bonchev–Trinajstić information content (AvgIpc) is 2.93. The smallest absolute Gasteiger partial charge is 0.337 e. The number of rotatable bonds is 3. The molecule has 5 nitrogen and oxygen atoms in total. The molecule has 0 unspecified atom stereocenters. The summed E-state index contributed by atoms with van der Waals surface area (Å²) in [4.78, 5) is 25.1. The number of benzene rings is 1. The summed E-state index contributed by atoms with van der Waals surface area (Å²) in [6.45, 7) is 1.82. The van der Waals surface area contributed by atoms with Crippen molar-refractivity contribution in [2.24, 2.45) is 0 Å². The van der Waals surface area contributed by atoms with Crippen LogP contribution >= 0.6 is 0 Å². The number of amides is 2. The summed E-state index contributed by atoms with van der Waals surface area (Å²) in [5.41, 5.74) is 1.32. The molecule has 108 valence electrons. The fraction of sp³-hybridized carbons (Fsp3) is 0.467. The Hall–Kier alpha value is -2.04. The zero-order chi connectivity index (χ0) is 14.7. The molecule has 0 atom stereocenters. The molecule has 0 aromatic heterocycles. The van der Waals surface area contributed by atoms with Crippen LogP contribution < -0.4 is 5.32 Å². The molecule has 1 aromatic rings. The highest BCUT2D eigenvalue weighted by Crippen LogP contribution is 2.24. The van der Waals surface area contributed by atoms with Crippen molar-refractivity contribution < 1.29 is 14.7 Å². The molecular formula is C15H20N2O3. The lowest BCUT2D eigenvalue weighted by Crippen LogP contribution is -2.38. The molecular weight excluding hydrogens is 256 g/mol. The third-order valence-corrected chi connectivity index (χ3v) is 3.84. The fourth-order valence-electron chi connectivity index (χ4n) is 2.60. The number of urea groups is 1. The number of carboxylic acids is 1. The van der Waals surface area contributed by atoms with E-state index in [1.165, 1.54) is 0 Å². The Morgan fingerprint density at radius 1 is 1.30 bits per heavy atom. The summed E-state index contributed by atoms with van der Waals surface area (Å²) in [7, 11) is 1.76. The molecule has 1 saturated carbocycles. The minimum Gasteiger partial charge on any atom is -0.478 e. The zero-order valence-electron chi connectivity index (χ0n) is 11.8. The van der Waals surface area contributed by atoms with Gasteiger partial charge >= 0.3 is 12.0 Å². The van der Waals surface area contributed by atoms with Crippen LogP contribution in [0, 0.1) is 6.92 Å². The van der Waals surface area contributed by atoms with Crippen LogP contribution in [0.5, 0.6) is 0 Å². The molecule has 0 saturated heterocycles. The predicted molar refractivity (Wildman–Crippen MR) is 77.2 cm³/mol. The molecule has 2 amide bonds. The van der Waals surface area contributed by atoms with Gasteiger partial charge in [-0.2, -0.15) is 0 Å². The van der Waals surface area contributed by atoms with Crippen molar-refractivity contribution in [2.45, 2.75) is 38.6 Å². The second kappa shape index (κ2) is 5.94. The van der Waals surface area contributed by atoms with Crippen LogP contribution in [0.1, 0.15) is 41.6 Å². The van der Waals surface area contributed by atoms with Crippen LogP contribution in [0.2, 0.25) is 0 Å². The number of nitrogens with one attached hydrogen (secondary N) is 1. The van der Waals surface area contributed by atoms with Gasteiger partial charge in [0.2, 0.25) is 0 Å². The van der Waals surface area contributed by atoms with Gasteiger partial charge in [0.05, 0.1) is 11.3 Å². The number of hydrogen-bond donors (Lipinski definition) is 2. The highest BCUT2D eigenvalue weighted by molar-refractivity contribution is 6.00. The number of hydrogen-bond acceptors (Lipinski definition) is 2. The molecule has 0 spiro atoms. The number of aryl methyl sites for hydroxylation is 1. The first-order chi connectivity index (χ1) is 9.49. The minimum absolute atomic E-state index is 0.123. The fourth-order valence-corrected chi connectivity index (χ4v) is 2.60. The highest BCUT2D eigenvalue weighted by Gasteiger charge is 2.24. The Labute approximate surface area is 118 Å². The number of carbonyl (C=O) groups excluding carboxylic acids is 1. The van der Waals surface area contributed by atoms with Gasteiger partial charge in [0.25, 0.3) is 0 Å². The first-order valence-electron chi connectivity index (χ1n) is 6.87. The summed E-state index contributed by atoms with van der Waals surface area (Å²) in [6, 6.07) is 5.00. The summed E-state index contributed by atoms with van der Waals surface area (Å²) >= 11 is 0. The van der Waals surface area contributed by atoms with Crippen LogP contribution in [0.4, 0.5) is 10.5 Å². The van der Waals surface area contributed by atoms with Crippen LogP contribution in [0.15, 0.2) is 18.2 Å². The quantitative estimate of drug-likeness (QED) is 0.891. The summed E-state index contributed by atoms with van der Waals surface area (Å²) in [5, 5.41) is 11.9. The van der Waals surface area contributed by atoms with Crippen molar-refractivity contribution in [3.63, 3.8) is 0 Å². The maximum Gasteiger partial charge on any atom is 0.337 e. The zero-order valence-corrected chi connectivity index (χ0v) is 11.8. The molecule has 20 heavy (non-hydrogen) atoms. The van der Waals surface area contributed by atoms with Crippen LogP contribution in [0.3, 0.4) is 0 Å². The van der Waals surface area contributed by atoms with Gasteiger partial charge in [-0.3, -0.25) is 0 Å². The van der Waals surface area contributed by atoms with E-state index in [0.29, 0.717) is 5.69 Å². The predicted octanol–water partition coefficient (Wildman–Crippen LogP) is 3.10. The third kappa shape index (κ3) is 3.10. The Bertz CT molecular complexity index is 522. The van der Waals surface area contributed by atoms with Gasteiger partial charge in [-0.05, 0) is 31.9 Å². The van der Waals surface area contributed by atoms with Crippen LogP contribution in [-0.4, -0.2) is 35.1 Å². The van der Waals surface area contributed by atoms with E-state index in [4.69, 9.17) is 0 Å². The maximum atomic E-state index is 12.2. The second-order valence-corrected chi connectivity index (χ2v) is 5.33. The lowest BCUT2D eigenvalue weighted by molar-refractivity contribution is 0.0698.